The zero-order valence-electron chi connectivity index (χ0n) is 16.0. The number of piperidine rings is 1. The predicted molar refractivity (Wildman–Crippen MR) is 105 cm³/mol. The average Bonchev–Trinajstić information content (AvgIpc) is 2.98. The van der Waals surface area contributed by atoms with Crippen molar-refractivity contribution in [1.82, 2.24) is 14.5 Å². The highest BCUT2D eigenvalue weighted by molar-refractivity contribution is 5.76. The Balaban J connectivity index is 1.41. The summed E-state index contributed by atoms with van der Waals surface area (Å²) < 4.78 is 7.79. The molecular weight excluding hydrogens is 326 g/mol. The van der Waals surface area contributed by atoms with Crippen molar-refractivity contribution in [3.8, 4) is 0 Å². The molecule has 2 aromatic rings. The first-order chi connectivity index (χ1) is 12.7. The van der Waals surface area contributed by atoms with Gasteiger partial charge in [-0.25, -0.2) is 4.79 Å². The lowest BCUT2D eigenvalue weighted by Crippen LogP contribution is -2.45. The Kier molecular flexibility index (Phi) is 5.18. The van der Waals surface area contributed by atoms with Gasteiger partial charge in [-0.2, -0.15) is 0 Å². The van der Waals surface area contributed by atoms with Crippen LogP contribution in [0, 0.1) is 6.92 Å². The zero-order chi connectivity index (χ0) is 18.1. The lowest BCUT2D eigenvalue weighted by Gasteiger charge is -2.40. The number of ether oxygens (including phenoxy) is 1. The number of fused-ring (bicyclic) bond motifs is 1. The molecule has 1 saturated carbocycles. The minimum absolute atomic E-state index is 0.0428. The molecule has 142 valence electrons. The van der Waals surface area contributed by atoms with E-state index >= 15 is 0 Å². The van der Waals surface area contributed by atoms with E-state index in [-0.39, 0.29) is 5.69 Å². The Hall–Kier alpha value is -1.59. The number of hydrogen-bond acceptors (Lipinski definition) is 3. The number of nitrogens with zero attached hydrogens (tertiary/aromatic N) is 2. The van der Waals surface area contributed by atoms with Crippen LogP contribution in [0.4, 0.5) is 0 Å². The van der Waals surface area contributed by atoms with Gasteiger partial charge in [0.1, 0.15) is 0 Å². The van der Waals surface area contributed by atoms with Gasteiger partial charge in [0, 0.05) is 31.8 Å². The molecule has 26 heavy (non-hydrogen) atoms. The van der Waals surface area contributed by atoms with Crippen molar-refractivity contribution in [3.05, 3.63) is 34.2 Å². The topological polar surface area (TPSA) is 50.3 Å². The average molecular weight is 357 g/mol. The first kappa shape index (κ1) is 17.8. The van der Waals surface area contributed by atoms with Gasteiger partial charge in [0.05, 0.1) is 17.1 Å². The SMILES string of the molecule is CCOC1CCC(N2CCC(n3c(=O)[nH]c4ccc(C)cc43)CC2)CC1. The molecular formula is C21H31N3O2. The summed E-state index contributed by atoms with van der Waals surface area (Å²) >= 11 is 0. The summed E-state index contributed by atoms with van der Waals surface area (Å²) in [5, 5.41) is 0. The number of aromatic amines is 1. The van der Waals surface area contributed by atoms with Crippen LogP contribution in [0.2, 0.25) is 0 Å². The number of H-pyrrole nitrogens is 1. The summed E-state index contributed by atoms with van der Waals surface area (Å²) in [5.74, 6) is 0. The molecule has 1 aromatic carbocycles. The van der Waals surface area contributed by atoms with Crippen LogP contribution < -0.4 is 5.69 Å². The van der Waals surface area contributed by atoms with E-state index in [4.69, 9.17) is 4.74 Å². The van der Waals surface area contributed by atoms with Gasteiger partial charge in [-0.1, -0.05) is 6.07 Å². The highest BCUT2D eigenvalue weighted by atomic mass is 16.5. The Morgan fingerprint density at radius 3 is 2.50 bits per heavy atom. The van der Waals surface area contributed by atoms with E-state index in [1.54, 1.807) is 0 Å². The summed E-state index contributed by atoms with van der Waals surface area (Å²) in [7, 11) is 0. The van der Waals surface area contributed by atoms with Crippen LogP contribution in [-0.2, 0) is 4.74 Å². The molecule has 5 heteroatoms. The second-order valence-corrected chi connectivity index (χ2v) is 7.97. The number of aromatic nitrogens is 2. The van der Waals surface area contributed by atoms with Gasteiger partial charge in [-0.3, -0.25) is 4.57 Å². The van der Waals surface area contributed by atoms with Crippen LogP contribution >= 0.6 is 0 Å². The van der Waals surface area contributed by atoms with E-state index in [9.17, 15) is 4.79 Å². The molecule has 1 aliphatic heterocycles. The normalized spacial score (nSPS) is 25.8. The maximum Gasteiger partial charge on any atom is 0.326 e. The first-order valence-electron chi connectivity index (χ1n) is 10.2. The molecule has 0 amide bonds. The van der Waals surface area contributed by atoms with E-state index < -0.39 is 0 Å². The molecule has 1 aromatic heterocycles. The second-order valence-electron chi connectivity index (χ2n) is 7.97. The van der Waals surface area contributed by atoms with Gasteiger partial charge in [-0.05, 0) is 70.1 Å². The van der Waals surface area contributed by atoms with Crippen molar-refractivity contribution in [2.24, 2.45) is 0 Å². The first-order valence-corrected chi connectivity index (χ1v) is 10.2. The number of rotatable bonds is 4. The van der Waals surface area contributed by atoms with Crippen molar-refractivity contribution < 1.29 is 4.74 Å². The van der Waals surface area contributed by atoms with E-state index in [0.717, 1.165) is 43.6 Å². The van der Waals surface area contributed by atoms with Crippen LogP contribution in [0.1, 0.15) is 57.1 Å². The molecule has 0 spiro atoms. The summed E-state index contributed by atoms with van der Waals surface area (Å²) in [4.78, 5) is 18.2. The quantitative estimate of drug-likeness (QED) is 0.909. The molecule has 5 nitrogen and oxygen atoms in total. The van der Waals surface area contributed by atoms with Crippen molar-refractivity contribution in [1.29, 1.82) is 0 Å². The second kappa shape index (κ2) is 7.57. The minimum Gasteiger partial charge on any atom is -0.379 e. The minimum atomic E-state index is 0.0428. The number of nitrogens with one attached hydrogen (secondary N) is 1. The molecule has 0 atom stereocenters. The molecule has 1 aliphatic carbocycles. The number of likely N-dealkylation sites (tertiary alicyclic amines) is 1. The van der Waals surface area contributed by atoms with Crippen LogP contribution in [0.3, 0.4) is 0 Å². The third-order valence-corrected chi connectivity index (χ3v) is 6.30. The number of aryl methyl sites for hydroxylation is 1. The Morgan fingerprint density at radius 1 is 1.08 bits per heavy atom. The Morgan fingerprint density at radius 2 is 1.81 bits per heavy atom. The van der Waals surface area contributed by atoms with Crippen LogP contribution in [0.15, 0.2) is 23.0 Å². The number of imidazole rings is 1. The van der Waals surface area contributed by atoms with Gasteiger partial charge >= 0.3 is 5.69 Å². The largest absolute Gasteiger partial charge is 0.379 e. The molecule has 1 saturated heterocycles. The molecule has 4 rings (SSSR count). The predicted octanol–water partition coefficient (Wildman–Crippen LogP) is 3.62. The van der Waals surface area contributed by atoms with Crippen LogP contribution in [-0.4, -0.2) is 46.3 Å². The van der Waals surface area contributed by atoms with Crippen LogP contribution in [0.25, 0.3) is 11.0 Å². The maximum atomic E-state index is 12.5. The summed E-state index contributed by atoms with van der Waals surface area (Å²) in [6, 6.07) is 7.23. The Labute approximate surface area is 155 Å². The lowest BCUT2D eigenvalue weighted by molar-refractivity contribution is 0.00796. The molecule has 2 fully saturated rings. The van der Waals surface area contributed by atoms with Gasteiger partial charge in [0.2, 0.25) is 0 Å². The third-order valence-electron chi connectivity index (χ3n) is 6.30. The Bertz CT molecular complexity index is 793. The summed E-state index contributed by atoms with van der Waals surface area (Å²) in [6.45, 7) is 7.20. The number of hydrogen-bond donors (Lipinski definition) is 1. The van der Waals surface area contributed by atoms with E-state index in [1.165, 1.54) is 31.2 Å². The van der Waals surface area contributed by atoms with Crippen molar-refractivity contribution in [2.45, 2.75) is 70.6 Å². The van der Waals surface area contributed by atoms with Gasteiger partial charge in [0.15, 0.2) is 0 Å². The summed E-state index contributed by atoms with van der Waals surface area (Å²) in [6.07, 6.45) is 7.49. The van der Waals surface area contributed by atoms with Gasteiger partial charge < -0.3 is 14.6 Å². The highest BCUT2D eigenvalue weighted by Crippen LogP contribution is 2.31. The van der Waals surface area contributed by atoms with E-state index in [1.807, 2.05) is 10.6 Å². The van der Waals surface area contributed by atoms with E-state index in [0.29, 0.717) is 18.2 Å². The fraction of sp³-hybridized carbons (Fsp3) is 0.667. The molecule has 0 bridgehead atoms. The smallest absolute Gasteiger partial charge is 0.326 e. The standard InChI is InChI=1S/C21H31N3O2/c1-3-26-18-7-5-16(6-8-18)23-12-10-17(11-13-23)24-20-14-15(2)4-9-19(20)22-21(24)25/h4,9,14,16-18H,3,5-8,10-13H2,1-2H3,(H,22,25). The molecule has 2 heterocycles. The maximum absolute atomic E-state index is 12.5. The monoisotopic (exact) mass is 357 g/mol. The molecule has 0 radical (unpaired) electrons. The third kappa shape index (κ3) is 3.47. The molecule has 1 N–H and O–H groups in total. The fourth-order valence-corrected chi connectivity index (χ4v) is 4.92. The van der Waals surface area contributed by atoms with Crippen molar-refractivity contribution >= 4 is 11.0 Å². The van der Waals surface area contributed by atoms with E-state index in [2.05, 4.69) is 35.9 Å². The van der Waals surface area contributed by atoms with Crippen molar-refractivity contribution in [3.63, 3.8) is 0 Å². The van der Waals surface area contributed by atoms with Crippen molar-refractivity contribution in [2.75, 3.05) is 19.7 Å². The number of benzene rings is 1. The van der Waals surface area contributed by atoms with Gasteiger partial charge in [-0.15, -0.1) is 0 Å². The molecule has 0 unspecified atom stereocenters. The van der Waals surface area contributed by atoms with Gasteiger partial charge in [0.25, 0.3) is 0 Å². The molecule has 2 aliphatic rings. The van der Waals surface area contributed by atoms with Crippen LogP contribution in [0.5, 0.6) is 0 Å². The fourth-order valence-electron chi connectivity index (χ4n) is 4.92. The lowest BCUT2D eigenvalue weighted by atomic mass is 9.90. The zero-order valence-corrected chi connectivity index (χ0v) is 16.0. The summed E-state index contributed by atoms with van der Waals surface area (Å²) in [5.41, 5.74) is 3.26. The highest BCUT2D eigenvalue weighted by Gasteiger charge is 2.30.